The SMILES string of the molecule is CC1CC(C)N1CCC1CC1. The minimum atomic E-state index is 0.878. The molecule has 1 saturated heterocycles. The van der Waals surface area contributed by atoms with Crippen molar-refractivity contribution in [2.45, 2.75) is 51.6 Å². The zero-order chi connectivity index (χ0) is 7.84. The van der Waals surface area contributed by atoms with E-state index in [2.05, 4.69) is 18.7 Å². The summed E-state index contributed by atoms with van der Waals surface area (Å²) >= 11 is 0. The molecule has 2 aliphatic rings. The number of likely N-dealkylation sites (tertiary alicyclic amines) is 1. The number of nitrogens with zero attached hydrogens (tertiary/aromatic N) is 1. The number of hydrogen-bond acceptors (Lipinski definition) is 1. The maximum Gasteiger partial charge on any atom is 0.00845 e. The molecule has 2 atom stereocenters. The maximum absolute atomic E-state index is 2.65. The predicted molar refractivity (Wildman–Crippen MR) is 47.6 cm³/mol. The monoisotopic (exact) mass is 153 g/mol. The van der Waals surface area contributed by atoms with Crippen molar-refractivity contribution in [2.24, 2.45) is 5.92 Å². The minimum absolute atomic E-state index is 0.878. The molecule has 0 bridgehead atoms. The topological polar surface area (TPSA) is 3.24 Å². The average molecular weight is 153 g/mol. The second-order valence-electron chi connectivity index (χ2n) is 4.40. The van der Waals surface area contributed by atoms with Crippen molar-refractivity contribution >= 4 is 0 Å². The number of rotatable bonds is 3. The van der Waals surface area contributed by atoms with Gasteiger partial charge in [0.05, 0.1) is 0 Å². The van der Waals surface area contributed by atoms with E-state index in [4.69, 9.17) is 0 Å². The standard InChI is InChI=1S/C10H19N/c1-8-7-9(2)11(8)6-5-10-3-4-10/h8-10H,3-7H2,1-2H3. The smallest absolute Gasteiger partial charge is 0.00845 e. The molecule has 1 heteroatoms. The molecule has 64 valence electrons. The lowest BCUT2D eigenvalue weighted by atomic mass is 9.95. The zero-order valence-electron chi connectivity index (χ0n) is 7.71. The largest absolute Gasteiger partial charge is 0.298 e. The first-order valence-corrected chi connectivity index (χ1v) is 5.03. The fraction of sp³-hybridized carbons (Fsp3) is 1.00. The lowest BCUT2D eigenvalue weighted by Crippen LogP contribution is -2.52. The van der Waals surface area contributed by atoms with Crippen molar-refractivity contribution in [1.29, 1.82) is 0 Å². The van der Waals surface area contributed by atoms with Gasteiger partial charge in [-0.2, -0.15) is 0 Å². The summed E-state index contributed by atoms with van der Waals surface area (Å²) < 4.78 is 0. The van der Waals surface area contributed by atoms with E-state index in [0.717, 1.165) is 18.0 Å². The normalized spacial score (nSPS) is 38.7. The average Bonchev–Trinajstić information content (AvgIpc) is 2.71. The Hall–Kier alpha value is -0.0400. The third-order valence-electron chi connectivity index (χ3n) is 3.31. The molecule has 0 N–H and O–H groups in total. The van der Waals surface area contributed by atoms with Gasteiger partial charge in [-0.15, -0.1) is 0 Å². The van der Waals surface area contributed by atoms with Gasteiger partial charge in [0, 0.05) is 12.1 Å². The second kappa shape index (κ2) is 2.78. The van der Waals surface area contributed by atoms with E-state index in [1.54, 1.807) is 0 Å². The molecule has 0 aromatic carbocycles. The molecule has 2 rings (SSSR count). The minimum Gasteiger partial charge on any atom is -0.298 e. The summed E-state index contributed by atoms with van der Waals surface area (Å²) in [6.45, 7) is 6.08. The summed E-state index contributed by atoms with van der Waals surface area (Å²) in [6.07, 6.45) is 5.91. The van der Waals surface area contributed by atoms with E-state index < -0.39 is 0 Å². The molecule has 1 aliphatic heterocycles. The Labute approximate surface area is 69.8 Å². The molecule has 2 fully saturated rings. The Morgan fingerprint density at radius 2 is 1.82 bits per heavy atom. The highest BCUT2D eigenvalue weighted by atomic mass is 15.2. The van der Waals surface area contributed by atoms with Gasteiger partial charge in [-0.3, -0.25) is 4.90 Å². The van der Waals surface area contributed by atoms with Gasteiger partial charge >= 0.3 is 0 Å². The van der Waals surface area contributed by atoms with Crippen LogP contribution in [0.15, 0.2) is 0 Å². The van der Waals surface area contributed by atoms with Gasteiger partial charge in [0.2, 0.25) is 0 Å². The summed E-state index contributed by atoms with van der Waals surface area (Å²) in [5.74, 6) is 1.11. The fourth-order valence-electron chi connectivity index (χ4n) is 2.24. The van der Waals surface area contributed by atoms with Gasteiger partial charge in [0.15, 0.2) is 0 Å². The molecular formula is C10H19N. The highest BCUT2D eigenvalue weighted by molar-refractivity contribution is 4.88. The van der Waals surface area contributed by atoms with E-state index in [1.165, 1.54) is 32.2 Å². The summed E-state index contributed by atoms with van der Waals surface area (Å²) in [5, 5.41) is 0. The summed E-state index contributed by atoms with van der Waals surface area (Å²) in [6, 6.07) is 1.76. The van der Waals surface area contributed by atoms with Crippen molar-refractivity contribution in [1.82, 2.24) is 4.90 Å². The Bertz CT molecular complexity index is 132. The van der Waals surface area contributed by atoms with E-state index >= 15 is 0 Å². The molecule has 0 aromatic heterocycles. The molecule has 0 radical (unpaired) electrons. The molecule has 0 amide bonds. The Balaban J connectivity index is 1.67. The van der Waals surface area contributed by atoms with Crippen LogP contribution in [0, 0.1) is 5.92 Å². The molecule has 11 heavy (non-hydrogen) atoms. The van der Waals surface area contributed by atoms with Gasteiger partial charge in [0.25, 0.3) is 0 Å². The van der Waals surface area contributed by atoms with Crippen LogP contribution in [0.25, 0.3) is 0 Å². The van der Waals surface area contributed by atoms with E-state index in [-0.39, 0.29) is 0 Å². The van der Waals surface area contributed by atoms with Crippen LogP contribution in [0.2, 0.25) is 0 Å². The molecule has 1 nitrogen and oxygen atoms in total. The van der Waals surface area contributed by atoms with Crippen molar-refractivity contribution in [3.8, 4) is 0 Å². The molecule has 0 aromatic rings. The van der Waals surface area contributed by atoms with Crippen molar-refractivity contribution in [3.05, 3.63) is 0 Å². The van der Waals surface area contributed by atoms with Gasteiger partial charge < -0.3 is 0 Å². The Kier molecular flexibility index (Phi) is 1.92. The summed E-state index contributed by atoms with van der Waals surface area (Å²) in [7, 11) is 0. The van der Waals surface area contributed by atoms with E-state index in [0.29, 0.717) is 0 Å². The molecule has 1 heterocycles. The first kappa shape index (κ1) is 7.60. The summed E-state index contributed by atoms with van der Waals surface area (Å²) in [5.41, 5.74) is 0. The van der Waals surface area contributed by atoms with Gasteiger partial charge in [0.1, 0.15) is 0 Å². The van der Waals surface area contributed by atoms with Crippen LogP contribution in [-0.4, -0.2) is 23.5 Å². The Morgan fingerprint density at radius 1 is 1.18 bits per heavy atom. The summed E-state index contributed by atoms with van der Waals surface area (Å²) in [4.78, 5) is 2.65. The number of hydrogen-bond donors (Lipinski definition) is 0. The first-order valence-electron chi connectivity index (χ1n) is 5.03. The lowest BCUT2D eigenvalue weighted by Gasteiger charge is -2.45. The van der Waals surface area contributed by atoms with Crippen LogP contribution < -0.4 is 0 Å². The Morgan fingerprint density at radius 3 is 2.27 bits per heavy atom. The molecule has 2 unspecified atom stereocenters. The second-order valence-corrected chi connectivity index (χ2v) is 4.40. The predicted octanol–water partition coefficient (Wildman–Crippen LogP) is 2.27. The maximum atomic E-state index is 2.65. The third-order valence-corrected chi connectivity index (χ3v) is 3.31. The van der Waals surface area contributed by atoms with Crippen molar-refractivity contribution in [2.75, 3.05) is 6.54 Å². The molecule has 1 aliphatic carbocycles. The lowest BCUT2D eigenvalue weighted by molar-refractivity contribution is 0.0356. The van der Waals surface area contributed by atoms with Crippen LogP contribution in [0.3, 0.4) is 0 Å². The quantitative estimate of drug-likeness (QED) is 0.601. The third kappa shape index (κ3) is 1.58. The van der Waals surface area contributed by atoms with Crippen molar-refractivity contribution in [3.63, 3.8) is 0 Å². The highest BCUT2D eigenvalue weighted by Crippen LogP contribution is 2.34. The highest BCUT2D eigenvalue weighted by Gasteiger charge is 2.32. The van der Waals surface area contributed by atoms with E-state index in [1.807, 2.05) is 0 Å². The van der Waals surface area contributed by atoms with Gasteiger partial charge in [-0.25, -0.2) is 0 Å². The van der Waals surface area contributed by atoms with Gasteiger partial charge in [-0.1, -0.05) is 12.8 Å². The van der Waals surface area contributed by atoms with E-state index in [9.17, 15) is 0 Å². The van der Waals surface area contributed by atoms with Crippen LogP contribution in [0.5, 0.6) is 0 Å². The van der Waals surface area contributed by atoms with Crippen LogP contribution >= 0.6 is 0 Å². The van der Waals surface area contributed by atoms with Gasteiger partial charge in [-0.05, 0) is 39.2 Å². The van der Waals surface area contributed by atoms with Crippen LogP contribution in [0.1, 0.15) is 39.5 Å². The van der Waals surface area contributed by atoms with Crippen molar-refractivity contribution < 1.29 is 0 Å². The molecule has 1 saturated carbocycles. The van der Waals surface area contributed by atoms with Crippen LogP contribution in [-0.2, 0) is 0 Å². The first-order chi connectivity index (χ1) is 5.27. The molecule has 0 spiro atoms. The fourth-order valence-corrected chi connectivity index (χ4v) is 2.24. The zero-order valence-corrected chi connectivity index (χ0v) is 7.71. The molecular weight excluding hydrogens is 134 g/mol. The van der Waals surface area contributed by atoms with Crippen LogP contribution in [0.4, 0.5) is 0 Å².